The van der Waals surface area contributed by atoms with Crippen LogP contribution in [-0.2, 0) is 19.1 Å². The lowest BCUT2D eigenvalue weighted by molar-refractivity contribution is -0.140. The molecule has 0 bridgehead atoms. The molecule has 24 heavy (non-hydrogen) atoms. The van der Waals surface area contributed by atoms with Crippen molar-refractivity contribution in [3.05, 3.63) is 71.6 Å². The van der Waals surface area contributed by atoms with Crippen molar-refractivity contribution < 1.29 is 23.5 Å². The van der Waals surface area contributed by atoms with E-state index in [0.29, 0.717) is 5.56 Å². The molecule has 3 rings (SSSR count). The first-order valence-corrected chi connectivity index (χ1v) is 7.07. The van der Waals surface area contributed by atoms with E-state index in [4.69, 9.17) is 0 Å². The number of nitrogens with zero attached hydrogens (tertiary/aromatic N) is 1. The van der Waals surface area contributed by atoms with Crippen LogP contribution < -0.4 is 4.90 Å². The van der Waals surface area contributed by atoms with Crippen LogP contribution in [-0.4, -0.2) is 24.8 Å². The minimum absolute atomic E-state index is 0.129. The summed E-state index contributed by atoms with van der Waals surface area (Å²) in [5, 5.41) is 0. The predicted molar refractivity (Wildman–Crippen MR) is 84.3 cm³/mol. The van der Waals surface area contributed by atoms with Crippen molar-refractivity contribution in [1.82, 2.24) is 0 Å². The summed E-state index contributed by atoms with van der Waals surface area (Å²) in [5.41, 5.74) is 0.580. The Balaban J connectivity index is 2.25. The van der Waals surface area contributed by atoms with Crippen molar-refractivity contribution in [2.75, 3.05) is 12.0 Å². The molecule has 0 aliphatic carbocycles. The maximum absolute atomic E-state index is 13.2. The molecule has 0 aromatic heterocycles. The SMILES string of the molecule is COC(=O)C1=C(c2ccccc2)N(c2ccc(F)cc2)C(=O)C1=O. The van der Waals surface area contributed by atoms with Crippen LogP contribution in [0.4, 0.5) is 10.1 Å². The number of Topliss-reactive ketones (excluding diaryl/α,β-unsaturated/α-hetero) is 1. The van der Waals surface area contributed by atoms with Crippen LogP contribution in [0.3, 0.4) is 0 Å². The summed E-state index contributed by atoms with van der Waals surface area (Å²) in [6.07, 6.45) is 0. The van der Waals surface area contributed by atoms with Crippen molar-refractivity contribution in [2.24, 2.45) is 0 Å². The van der Waals surface area contributed by atoms with Gasteiger partial charge in [0.25, 0.3) is 5.78 Å². The molecule has 0 saturated carbocycles. The number of benzene rings is 2. The van der Waals surface area contributed by atoms with Crippen LogP contribution in [0.15, 0.2) is 60.2 Å². The monoisotopic (exact) mass is 325 g/mol. The Kier molecular flexibility index (Phi) is 3.95. The highest BCUT2D eigenvalue weighted by Gasteiger charge is 2.43. The smallest absolute Gasteiger partial charge is 0.344 e. The van der Waals surface area contributed by atoms with Gasteiger partial charge in [-0.15, -0.1) is 0 Å². The van der Waals surface area contributed by atoms with Gasteiger partial charge in [-0.05, 0) is 29.8 Å². The van der Waals surface area contributed by atoms with E-state index in [1.165, 1.54) is 24.3 Å². The molecular weight excluding hydrogens is 313 g/mol. The minimum atomic E-state index is -0.954. The average Bonchev–Trinajstić information content (AvgIpc) is 2.87. The third kappa shape index (κ3) is 2.48. The van der Waals surface area contributed by atoms with Crippen LogP contribution in [0.25, 0.3) is 5.70 Å². The maximum atomic E-state index is 13.2. The number of esters is 1. The standard InChI is InChI=1S/C18H12FNO4/c1-24-18(23)14-15(11-5-3-2-4-6-11)20(17(22)16(14)21)13-9-7-12(19)8-10-13/h2-10H,1H3. The third-order valence-electron chi connectivity index (χ3n) is 3.61. The number of carbonyl (C=O) groups is 3. The molecule has 1 aliphatic rings. The van der Waals surface area contributed by atoms with Crippen LogP contribution in [0.2, 0.25) is 0 Å². The van der Waals surface area contributed by atoms with E-state index in [1.54, 1.807) is 30.3 Å². The molecule has 2 aromatic rings. The number of ether oxygens (including phenoxy) is 1. The van der Waals surface area contributed by atoms with E-state index < -0.39 is 23.5 Å². The van der Waals surface area contributed by atoms with Gasteiger partial charge in [-0.25, -0.2) is 9.18 Å². The summed E-state index contributed by atoms with van der Waals surface area (Å²) in [6, 6.07) is 13.6. The number of halogens is 1. The molecule has 0 atom stereocenters. The van der Waals surface area contributed by atoms with E-state index in [9.17, 15) is 18.8 Å². The fraction of sp³-hybridized carbons (Fsp3) is 0.0556. The number of carbonyl (C=O) groups excluding carboxylic acids is 3. The van der Waals surface area contributed by atoms with E-state index in [1.807, 2.05) is 0 Å². The summed E-state index contributed by atoms with van der Waals surface area (Å²) in [5.74, 6) is -3.21. The van der Waals surface area contributed by atoms with Crippen molar-refractivity contribution in [3.63, 3.8) is 0 Å². The second kappa shape index (κ2) is 6.08. The first kappa shape index (κ1) is 15.6. The highest BCUT2D eigenvalue weighted by atomic mass is 19.1. The number of ketones is 1. The van der Waals surface area contributed by atoms with Gasteiger partial charge in [0, 0.05) is 5.69 Å². The van der Waals surface area contributed by atoms with Crippen molar-refractivity contribution in [2.45, 2.75) is 0 Å². The summed E-state index contributed by atoms with van der Waals surface area (Å²) >= 11 is 0. The van der Waals surface area contributed by atoms with Crippen molar-refractivity contribution in [1.29, 1.82) is 0 Å². The Labute approximate surface area is 137 Å². The van der Waals surface area contributed by atoms with Gasteiger partial charge in [-0.2, -0.15) is 0 Å². The molecule has 1 amide bonds. The molecule has 0 unspecified atom stereocenters. The van der Waals surface area contributed by atoms with E-state index >= 15 is 0 Å². The minimum Gasteiger partial charge on any atom is -0.465 e. The van der Waals surface area contributed by atoms with Gasteiger partial charge >= 0.3 is 11.9 Å². The quantitative estimate of drug-likeness (QED) is 0.493. The van der Waals surface area contributed by atoms with Gasteiger partial charge in [0.05, 0.1) is 12.8 Å². The number of hydrogen-bond acceptors (Lipinski definition) is 4. The summed E-state index contributed by atoms with van der Waals surface area (Å²) in [7, 11) is 1.14. The number of rotatable bonds is 3. The molecule has 5 nitrogen and oxygen atoms in total. The van der Waals surface area contributed by atoms with Gasteiger partial charge < -0.3 is 4.74 Å². The topological polar surface area (TPSA) is 63.7 Å². The van der Waals surface area contributed by atoms with E-state index in [2.05, 4.69) is 4.74 Å². The number of amides is 1. The molecule has 0 spiro atoms. The molecule has 0 N–H and O–H groups in total. The van der Waals surface area contributed by atoms with Crippen LogP contribution in [0.1, 0.15) is 5.56 Å². The number of methoxy groups -OCH3 is 1. The molecule has 1 heterocycles. The molecule has 0 fully saturated rings. The fourth-order valence-electron chi connectivity index (χ4n) is 2.53. The van der Waals surface area contributed by atoms with Crippen molar-refractivity contribution >= 4 is 29.0 Å². The van der Waals surface area contributed by atoms with Gasteiger partial charge in [0.15, 0.2) is 0 Å². The lowest BCUT2D eigenvalue weighted by Gasteiger charge is -2.20. The van der Waals surface area contributed by atoms with Crippen LogP contribution in [0, 0.1) is 5.82 Å². The third-order valence-corrected chi connectivity index (χ3v) is 3.61. The van der Waals surface area contributed by atoms with Crippen molar-refractivity contribution in [3.8, 4) is 0 Å². The average molecular weight is 325 g/mol. The maximum Gasteiger partial charge on any atom is 0.344 e. The van der Waals surface area contributed by atoms with Crippen LogP contribution >= 0.6 is 0 Å². The Hall–Kier alpha value is -3.28. The number of anilines is 1. The normalized spacial score (nSPS) is 14.3. The fourth-order valence-corrected chi connectivity index (χ4v) is 2.53. The second-order valence-electron chi connectivity index (χ2n) is 5.03. The number of hydrogen-bond donors (Lipinski definition) is 0. The molecule has 1 aliphatic heterocycles. The van der Waals surface area contributed by atoms with Gasteiger partial charge in [0.1, 0.15) is 11.4 Å². The summed E-state index contributed by atoms with van der Waals surface area (Å²) < 4.78 is 17.8. The zero-order chi connectivity index (χ0) is 17.3. The van der Waals surface area contributed by atoms with Gasteiger partial charge in [-0.3, -0.25) is 14.5 Å². The molecule has 0 saturated heterocycles. The van der Waals surface area contributed by atoms with Gasteiger partial charge in [-0.1, -0.05) is 30.3 Å². The van der Waals surface area contributed by atoms with Gasteiger partial charge in [0.2, 0.25) is 0 Å². The first-order valence-electron chi connectivity index (χ1n) is 7.07. The zero-order valence-corrected chi connectivity index (χ0v) is 12.7. The second-order valence-corrected chi connectivity index (χ2v) is 5.03. The predicted octanol–water partition coefficient (Wildman–Crippen LogP) is 2.33. The Morgan fingerprint density at radius 3 is 2.21 bits per heavy atom. The Bertz CT molecular complexity index is 856. The lowest BCUT2D eigenvalue weighted by Crippen LogP contribution is -2.28. The highest BCUT2D eigenvalue weighted by molar-refractivity contribution is 6.59. The highest BCUT2D eigenvalue weighted by Crippen LogP contribution is 2.35. The van der Waals surface area contributed by atoms with Crippen LogP contribution in [0.5, 0.6) is 0 Å². The largest absolute Gasteiger partial charge is 0.465 e. The first-order chi connectivity index (χ1) is 11.5. The lowest BCUT2D eigenvalue weighted by atomic mass is 10.1. The molecule has 6 heteroatoms. The molecule has 2 aromatic carbocycles. The zero-order valence-electron chi connectivity index (χ0n) is 12.7. The Morgan fingerprint density at radius 2 is 1.62 bits per heavy atom. The summed E-state index contributed by atoms with van der Waals surface area (Å²) in [6.45, 7) is 0. The molecule has 120 valence electrons. The molecule has 0 radical (unpaired) electrons. The Morgan fingerprint density at radius 1 is 1.00 bits per heavy atom. The molecular formula is C18H12FNO4. The summed E-state index contributed by atoms with van der Waals surface area (Å²) in [4.78, 5) is 37.9. The van der Waals surface area contributed by atoms with E-state index in [0.717, 1.165) is 12.0 Å². The van der Waals surface area contributed by atoms with E-state index in [-0.39, 0.29) is 17.0 Å².